The summed E-state index contributed by atoms with van der Waals surface area (Å²) in [4.78, 5) is 31.1. The molecule has 0 bridgehead atoms. The van der Waals surface area contributed by atoms with E-state index in [1.54, 1.807) is 11.8 Å². The number of nitrogens with one attached hydrogen (secondary N) is 2. The summed E-state index contributed by atoms with van der Waals surface area (Å²) in [6.45, 7) is 1.77. The fraction of sp³-hybridized carbons (Fsp3) is 0.280. The van der Waals surface area contributed by atoms with E-state index >= 15 is 0 Å². The number of carbonyl (C=O) groups is 2. The Morgan fingerprint density at radius 1 is 1.10 bits per heavy atom. The number of hydrogen-bond donors (Lipinski definition) is 2. The molecule has 160 valence electrons. The number of nitrogens with zero attached hydrogens (tertiary/aromatic N) is 1. The molecule has 0 spiro atoms. The molecule has 5 nitrogen and oxygen atoms in total. The van der Waals surface area contributed by atoms with Crippen LogP contribution in [-0.2, 0) is 16.1 Å². The third kappa shape index (κ3) is 5.20. The third-order valence-electron chi connectivity index (χ3n) is 5.71. The van der Waals surface area contributed by atoms with Gasteiger partial charge in [0.15, 0.2) is 0 Å². The number of aromatic nitrogens is 1. The van der Waals surface area contributed by atoms with Gasteiger partial charge in [-0.3, -0.25) is 9.59 Å². The molecular formula is C25H27N3O2S. The first-order valence-electron chi connectivity index (χ1n) is 10.6. The highest BCUT2D eigenvalue weighted by Crippen LogP contribution is 2.29. The number of para-hydroxylation sites is 1. The molecule has 31 heavy (non-hydrogen) atoms. The average molecular weight is 434 g/mol. The van der Waals surface area contributed by atoms with Gasteiger partial charge in [0.2, 0.25) is 11.8 Å². The highest BCUT2D eigenvalue weighted by molar-refractivity contribution is 7.98. The lowest BCUT2D eigenvalue weighted by Gasteiger charge is -2.26. The predicted octanol–water partition coefficient (Wildman–Crippen LogP) is 4.60. The van der Waals surface area contributed by atoms with Gasteiger partial charge < -0.3 is 15.2 Å². The van der Waals surface area contributed by atoms with E-state index in [1.807, 2.05) is 53.8 Å². The van der Waals surface area contributed by atoms with Gasteiger partial charge in [0, 0.05) is 60.0 Å². The second kappa shape index (κ2) is 9.88. The van der Waals surface area contributed by atoms with Gasteiger partial charge in [-0.15, -0.1) is 11.8 Å². The molecule has 1 aliphatic heterocycles. The normalized spacial score (nSPS) is 13.8. The molecule has 0 atom stereocenters. The van der Waals surface area contributed by atoms with Crippen LogP contribution in [0.1, 0.15) is 30.4 Å². The molecule has 2 N–H and O–H groups in total. The van der Waals surface area contributed by atoms with Crippen LogP contribution >= 0.6 is 11.8 Å². The summed E-state index contributed by atoms with van der Waals surface area (Å²) in [5.41, 5.74) is 4.67. The number of carbonyl (C=O) groups excluding carboxylic acids is 2. The second-order valence-electron chi connectivity index (χ2n) is 7.69. The molecule has 1 aliphatic rings. The fourth-order valence-corrected chi connectivity index (χ4v) is 4.30. The Kier molecular flexibility index (Phi) is 6.77. The van der Waals surface area contributed by atoms with E-state index in [9.17, 15) is 9.59 Å². The highest BCUT2D eigenvalue weighted by Gasteiger charge is 2.20. The third-order valence-corrected chi connectivity index (χ3v) is 6.46. The first-order chi connectivity index (χ1) is 15.1. The van der Waals surface area contributed by atoms with E-state index in [0.29, 0.717) is 19.6 Å². The van der Waals surface area contributed by atoms with Crippen molar-refractivity contribution in [1.82, 2.24) is 15.2 Å². The quantitative estimate of drug-likeness (QED) is 0.535. The molecule has 0 fully saturated rings. The van der Waals surface area contributed by atoms with Gasteiger partial charge >= 0.3 is 0 Å². The standard InChI is InChI=1S/C25H27N3O2S/c1-31-20-8-6-18(7-9-20)16-27-24(29)10-11-25(30)28-14-12-19(13-15-28)22-17-26-23-5-3-2-4-21(22)23/h2-9,12,17,26H,10-11,13-16H2,1H3,(H,27,29). The molecule has 0 saturated carbocycles. The summed E-state index contributed by atoms with van der Waals surface area (Å²) in [5.74, 6) is -0.0528. The molecule has 1 aromatic heterocycles. The maximum Gasteiger partial charge on any atom is 0.223 e. The monoisotopic (exact) mass is 433 g/mol. The number of amides is 2. The van der Waals surface area contributed by atoms with Crippen LogP contribution in [0.4, 0.5) is 0 Å². The molecular weight excluding hydrogens is 406 g/mol. The maximum absolute atomic E-state index is 12.6. The average Bonchev–Trinajstić information content (AvgIpc) is 3.26. The SMILES string of the molecule is CSc1ccc(CNC(=O)CCC(=O)N2CC=C(c3c[nH]c4ccccc34)CC2)cc1. The van der Waals surface area contributed by atoms with E-state index in [1.165, 1.54) is 21.4 Å². The largest absolute Gasteiger partial charge is 0.361 e. The number of H-pyrrole nitrogens is 1. The van der Waals surface area contributed by atoms with E-state index in [2.05, 4.69) is 28.5 Å². The molecule has 0 radical (unpaired) electrons. The summed E-state index contributed by atoms with van der Waals surface area (Å²) >= 11 is 1.69. The van der Waals surface area contributed by atoms with Gasteiger partial charge in [-0.25, -0.2) is 0 Å². The number of rotatable bonds is 7. The fourth-order valence-electron chi connectivity index (χ4n) is 3.89. The summed E-state index contributed by atoms with van der Waals surface area (Å²) in [5, 5.41) is 4.12. The van der Waals surface area contributed by atoms with Crippen molar-refractivity contribution in [1.29, 1.82) is 0 Å². The zero-order valence-electron chi connectivity index (χ0n) is 17.7. The van der Waals surface area contributed by atoms with Gasteiger partial charge in [0.1, 0.15) is 0 Å². The van der Waals surface area contributed by atoms with Crippen LogP contribution in [0.25, 0.3) is 16.5 Å². The highest BCUT2D eigenvalue weighted by atomic mass is 32.2. The minimum atomic E-state index is -0.0886. The van der Waals surface area contributed by atoms with Crippen LogP contribution in [-0.4, -0.2) is 41.0 Å². The van der Waals surface area contributed by atoms with Gasteiger partial charge in [-0.1, -0.05) is 36.4 Å². The molecule has 0 aliphatic carbocycles. The topological polar surface area (TPSA) is 65.2 Å². The maximum atomic E-state index is 12.6. The van der Waals surface area contributed by atoms with E-state index < -0.39 is 0 Å². The summed E-state index contributed by atoms with van der Waals surface area (Å²) in [6, 6.07) is 16.4. The van der Waals surface area contributed by atoms with Crippen LogP contribution in [0.3, 0.4) is 0 Å². The first kappa shape index (κ1) is 21.2. The minimum absolute atomic E-state index is 0.0358. The Morgan fingerprint density at radius 2 is 1.90 bits per heavy atom. The van der Waals surface area contributed by atoms with Crippen molar-refractivity contribution in [3.05, 3.63) is 71.9 Å². The summed E-state index contributed by atoms with van der Waals surface area (Å²) in [6.07, 6.45) is 7.51. The summed E-state index contributed by atoms with van der Waals surface area (Å²) in [7, 11) is 0. The molecule has 4 rings (SSSR count). The summed E-state index contributed by atoms with van der Waals surface area (Å²) < 4.78 is 0. The van der Waals surface area contributed by atoms with Crippen LogP contribution in [0.2, 0.25) is 0 Å². The van der Waals surface area contributed by atoms with Crippen molar-refractivity contribution in [3.8, 4) is 0 Å². The number of thioether (sulfide) groups is 1. The molecule has 6 heteroatoms. The van der Waals surface area contributed by atoms with Crippen LogP contribution < -0.4 is 5.32 Å². The van der Waals surface area contributed by atoms with E-state index in [0.717, 1.165) is 17.5 Å². The zero-order chi connectivity index (χ0) is 21.6. The van der Waals surface area contributed by atoms with Crippen molar-refractivity contribution in [2.24, 2.45) is 0 Å². The molecule has 0 unspecified atom stereocenters. The van der Waals surface area contributed by atoms with Crippen LogP contribution in [0.5, 0.6) is 0 Å². The van der Waals surface area contributed by atoms with Gasteiger partial charge in [0.25, 0.3) is 0 Å². The van der Waals surface area contributed by atoms with Gasteiger partial charge in [-0.2, -0.15) is 0 Å². The number of hydrogen-bond acceptors (Lipinski definition) is 3. The van der Waals surface area contributed by atoms with E-state index in [4.69, 9.17) is 0 Å². The minimum Gasteiger partial charge on any atom is -0.361 e. The van der Waals surface area contributed by atoms with Crippen molar-refractivity contribution < 1.29 is 9.59 Å². The Hall–Kier alpha value is -2.99. The Morgan fingerprint density at radius 3 is 2.65 bits per heavy atom. The first-order valence-corrected chi connectivity index (χ1v) is 11.8. The predicted molar refractivity (Wildman–Crippen MR) is 127 cm³/mol. The lowest BCUT2D eigenvalue weighted by molar-refractivity contribution is -0.133. The number of benzene rings is 2. The van der Waals surface area contributed by atoms with Crippen molar-refractivity contribution in [2.75, 3.05) is 19.3 Å². The van der Waals surface area contributed by atoms with Gasteiger partial charge in [0.05, 0.1) is 0 Å². The van der Waals surface area contributed by atoms with E-state index in [-0.39, 0.29) is 24.7 Å². The number of fused-ring (bicyclic) bond motifs is 1. The second-order valence-corrected chi connectivity index (χ2v) is 8.57. The van der Waals surface area contributed by atoms with Crippen LogP contribution in [0.15, 0.2) is 65.7 Å². The molecule has 2 aromatic carbocycles. The van der Waals surface area contributed by atoms with Crippen LogP contribution in [0, 0.1) is 0 Å². The zero-order valence-corrected chi connectivity index (χ0v) is 18.5. The Labute approximate surface area is 186 Å². The molecule has 0 saturated heterocycles. The molecule has 2 heterocycles. The lowest BCUT2D eigenvalue weighted by Crippen LogP contribution is -2.35. The Balaban J connectivity index is 1.24. The van der Waals surface area contributed by atoms with Crippen molar-refractivity contribution in [3.63, 3.8) is 0 Å². The molecule has 2 amide bonds. The lowest BCUT2D eigenvalue weighted by atomic mass is 9.98. The number of aromatic amines is 1. The Bertz CT molecular complexity index is 1100. The van der Waals surface area contributed by atoms with Gasteiger partial charge in [-0.05, 0) is 42.0 Å². The smallest absolute Gasteiger partial charge is 0.223 e. The van der Waals surface area contributed by atoms with Crippen molar-refractivity contribution >= 4 is 40.1 Å². The molecule has 3 aromatic rings. The van der Waals surface area contributed by atoms with Crippen molar-refractivity contribution in [2.45, 2.75) is 30.7 Å².